The van der Waals surface area contributed by atoms with Gasteiger partial charge in [0.25, 0.3) is 0 Å². The third-order valence-electron chi connectivity index (χ3n) is 4.09. The number of likely N-dealkylation sites (tertiary alicyclic amines) is 1. The highest BCUT2D eigenvalue weighted by Crippen LogP contribution is 2.16. The maximum Gasteiger partial charge on any atom is 0.247 e. The van der Waals surface area contributed by atoms with Gasteiger partial charge >= 0.3 is 0 Å². The van der Waals surface area contributed by atoms with Gasteiger partial charge in [-0.25, -0.2) is 0 Å². The zero-order valence-electron chi connectivity index (χ0n) is 11.0. The molecule has 4 nitrogen and oxygen atoms in total. The molecule has 2 rings (SSSR count). The van der Waals surface area contributed by atoms with Gasteiger partial charge in [-0.1, -0.05) is 0 Å². The maximum atomic E-state index is 12.0. The van der Waals surface area contributed by atoms with Crippen LogP contribution in [-0.4, -0.2) is 49.6 Å². The zero-order chi connectivity index (χ0) is 12.4. The van der Waals surface area contributed by atoms with Gasteiger partial charge in [0.15, 0.2) is 0 Å². The second kappa shape index (κ2) is 5.19. The summed E-state index contributed by atoms with van der Waals surface area (Å²) < 4.78 is 0. The van der Waals surface area contributed by atoms with Crippen molar-refractivity contribution in [2.24, 2.45) is 0 Å². The van der Waals surface area contributed by atoms with E-state index in [0.29, 0.717) is 12.1 Å². The molecule has 2 heterocycles. The predicted molar refractivity (Wildman–Crippen MR) is 68.8 cm³/mol. The van der Waals surface area contributed by atoms with E-state index in [4.69, 9.17) is 0 Å². The highest BCUT2D eigenvalue weighted by atomic mass is 16.1. The van der Waals surface area contributed by atoms with Crippen LogP contribution in [0.5, 0.6) is 0 Å². The lowest BCUT2D eigenvalue weighted by Gasteiger charge is -2.35. The highest BCUT2D eigenvalue weighted by Gasteiger charge is 2.25. The van der Waals surface area contributed by atoms with E-state index < -0.39 is 0 Å². The quantitative estimate of drug-likeness (QED) is 0.688. The van der Waals surface area contributed by atoms with Crippen LogP contribution in [0.2, 0.25) is 0 Å². The van der Waals surface area contributed by atoms with Crippen LogP contribution in [0, 0.1) is 0 Å². The largest absolute Gasteiger partial charge is 0.349 e. The van der Waals surface area contributed by atoms with Crippen LogP contribution in [0.1, 0.15) is 26.7 Å². The first-order valence-corrected chi connectivity index (χ1v) is 6.48. The van der Waals surface area contributed by atoms with Crippen molar-refractivity contribution in [2.75, 3.05) is 26.7 Å². The van der Waals surface area contributed by atoms with Crippen LogP contribution in [0.3, 0.4) is 0 Å². The summed E-state index contributed by atoms with van der Waals surface area (Å²) in [5.74, 6) is 0.128. The Bertz CT molecular complexity index is 332. The van der Waals surface area contributed by atoms with E-state index in [1.54, 1.807) is 0 Å². The fraction of sp³-hybridized carbons (Fsp3) is 0.769. The van der Waals surface area contributed by atoms with Crippen LogP contribution in [0.4, 0.5) is 0 Å². The minimum Gasteiger partial charge on any atom is -0.349 e. The summed E-state index contributed by atoms with van der Waals surface area (Å²) in [7, 11) is 2.15. The summed E-state index contributed by atoms with van der Waals surface area (Å²) >= 11 is 0. The molecule has 0 aromatic heterocycles. The highest BCUT2D eigenvalue weighted by molar-refractivity contribution is 5.94. The number of nitrogens with zero attached hydrogens (tertiary/aromatic N) is 1. The van der Waals surface area contributed by atoms with Gasteiger partial charge in [-0.15, -0.1) is 0 Å². The Morgan fingerprint density at radius 2 is 2.18 bits per heavy atom. The molecule has 0 saturated carbocycles. The average Bonchev–Trinajstić information content (AvgIpc) is 2.21. The van der Waals surface area contributed by atoms with Crippen molar-refractivity contribution in [3.05, 3.63) is 11.1 Å². The summed E-state index contributed by atoms with van der Waals surface area (Å²) in [6.07, 6.45) is 2.12. The monoisotopic (exact) mass is 237 g/mol. The third kappa shape index (κ3) is 2.87. The minimum atomic E-state index is 0.128. The first-order chi connectivity index (χ1) is 8.08. The topological polar surface area (TPSA) is 44.4 Å². The number of hydrogen-bond acceptors (Lipinski definition) is 3. The van der Waals surface area contributed by atoms with Crippen molar-refractivity contribution in [3.63, 3.8) is 0 Å². The SMILES string of the molecule is CC(C(=O)NC1CCN(C)C(C)C1)=C1CNC1. The molecule has 2 unspecified atom stereocenters. The van der Waals surface area contributed by atoms with Gasteiger partial charge in [0.2, 0.25) is 5.91 Å². The van der Waals surface area contributed by atoms with E-state index in [0.717, 1.165) is 38.0 Å². The summed E-state index contributed by atoms with van der Waals surface area (Å²) in [5.41, 5.74) is 2.17. The van der Waals surface area contributed by atoms with Crippen molar-refractivity contribution in [1.29, 1.82) is 0 Å². The van der Waals surface area contributed by atoms with E-state index in [1.165, 1.54) is 5.57 Å². The molecule has 0 spiro atoms. The van der Waals surface area contributed by atoms with E-state index in [-0.39, 0.29) is 5.91 Å². The molecule has 2 N–H and O–H groups in total. The molecular weight excluding hydrogens is 214 g/mol. The van der Waals surface area contributed by atoms with Gasteiger partial charge in [-0.2, -0.15) is 0 Å². The lowest BCUT2D eigenvalue weighted by Crippen LogP contribution is -2.48. The number of carbonyl (C=O) groups is 1. The van der Waals surface area contributed by atoms with Gasteiger partial charge < -0.3 is 15.5 Å². The van der Waals surface area contributed by atoms with E-state index >= 15 is 0 Å². The van der Waals surface area contributed by atoms with Crippen LogP contribution < -0.4 is 10.6 Å². The first-order valence-electron chi connectivity index (χ1n) is 6.48. The molecular formula is C13H23N3O. The smallest absolute Gasteiger partial charge is 0.247 e. The lowest BCUT2D eigenvalue weighted by atomic mass is 9.97. The lowest BCUT2D eigenvalue weighted by molar-refractivity contribution is -0.118. The summed E-state index contributed by atoms with van der Waals surface area (Å²) in [5, 5.41) is 6.34. The molecule has 2 aliphatic rings. The number of amides is 1. The normalized spacial score (nSPS) is 29.7. The number of piperidine rings is 1. The molecule has 2 fully saturated rings. The molecule has 0 aromatic carbocycles. The molecule has 0 bridgehead atoms. The fourth-order valence-corrected chi connectivity index (χ4v) is 2.39. The van der Waals surface area contributed by atoms with Crippen molar-refractivity contribution >= 4 is 5.91 Å². The van der Waals surface area contributed by atoms with Crippen LogP contribution in [0.25, 0.3) is 0 Å². The van der Waals surface area contributed by atoms with Crippen LogP contribution in [-0.2, 0) is 4.79 Å². The van der Waals surface area contributed by atoms with Crippen molar-refractivity contribution in [2.45, 2.75) is 38.8 Å². The molecule has 0 radical (unpaired) electrons. The maximum absolute atomic E-state index is 12.0. The van der Waals surface area contributed by atoms with Gasteiger partial charge in [0.1, 0.15) is 0 Å². The van der Waals surface area contributed by atoms with Gasteiger partial charge in [0.05, 0.1) is 0 Å². The molecule has 2 saturated heterocycles. The summed E-state index contributed by atoms with van der Waals surface area (Å²) in [6, 6.07) is 0.907. The van der Waals surface area contributed by atoms with Gasteiger partial charge in [-0.05, 0) is 39.3 Å². The van der Waals surface area contributed by atoms with Gasteiger partial charge in [-0.3, -0.25) is 4.79 Å². The molecule has 0 aliphatic carbocycles. The molecule has 96 valence electrons. The minimum absolute atomic E-state index is 0.128. The van der Waals surface area contributed by atoms with E-state index in [9.17, 15) is 4.79 Å². The van der Waals surface area contributed by atoms with Crippen LogP contribution >= 0.6 is 0 Å². The Morgan fingerprint density at radius 3 is 2.71 bits per heavy atom. The van der Waals surface area contributed by atoms with Crippen molar-refractivity contribution in [1.82, 2.24) is 15.5 Å². The van der Waals surface area contributed by atoms with E-state index in [2.05, 4.69) is 29.5 Å². The van der Waals surface area contributed by atoms with Crippen LogP contribution in [0.15, 0.2) is 11.1 Å². The number of nitrogens with one attached hydrogen (secondary N) is 2. The van der Waals surface area contributed by atoms with Crippen molar-refractivity contribution < 1.29 is 4.79 Å². The molecule has 2 atom stereocenters. The standard InChI is InChI=1S/C13H23N3O/c1-9-6-12(4-5-16(9)3)15-13(17)10(2)11-7-14-8-11/h9,12,14H,4-8H2,1-3H3,(H,15,17). The van der Waals surface area contributed by atoms with Crippen molar-refractivity contribution in [3.8, 4) is 0 Å². The Hall–Kier alpha value is -0.870. The average molecular weight is 237 g/mol. The number of rotatable bonds is 2. The Kier molecular flexibility index (Phi) is 3.84. The fourth-order valence-electron chi connectivity index (χ4n) is 2.39. The molecule has 2 aliphatic heterocycles. The summed E-state index contributed by atoms with van der Waals surface area (Å²) in [4.78, 5) is 14.4. The second-order valence-corrected chi connectivity index (χ2v) is 5.36. The molecule has 0 aromatic rings. The first kappa shape index (κ1) is 12.6. The van der Waals surface area contributed by atoms with Gasteiger partial charge in [0, 0.05) is 37.3 Å². The number of hydrogen-bond donors (Lipinski definition) is 2. The number of carbonyl (C=O) groups excluding carboxylic acids is 1. The predicted octanol–water partition coefficient (Wildman–Crippen LogP) is 0.505. The second-order valence-electron chi connectivity index (χ2n) is 5.36. The zero-order valence-corrected chi connectivity index (χ0v) is 11.0. The molecule has 17 heavy (non-hydrogen) atoms. The van der Waals surface area contributed by atoms with E-state index in [1.807, 2.05) is 6.92 Å². The Labute approximate surface area is 103 Å². The third-order valence-corrected chi connectivity index (χ3v) is 4.09. The molecule has 1 amide bonds. The Morgan fingerprint density at radius 1 is 1.47 bits per heavy atom. The molecule has 4 heteroatoms. The summed E-state index contributed by atoms with van der Waals surface area (Å²) in [6.45, 7) is 6.98. The Balaban J connectivity index is 1.87.